The van der Waals surface area contributed by atoms with Crippen molar-refractivity contribution in [3.8, 4) is 0 Å². The van der Waals surface area contributed by atoms with Crippen LogP contribution in [0.15, 0.2) is 27.4 Å². The molecule has 1 saturated carbocycles. The Kier molecular flexibility index (Phi) is 4.53. The molecular formula is C21H22N2O5. The average Bonchev–Trinajstić information content (AvgIpc) is 2.89. The Morgan fingerprint density at radius 2 is 1.71 bits per heavy atom. The molecule has 0 spiro atoms. The first-order valence-corrected chi connectivity index (χ1v) is 9.60. The predicted octanol–water partition coefficient (Wildman–Crippen LogP) is 3.03. The molecule has 1 aromatic carbocycles. The lowest BCUT2D eigenvalue weighted by molar-refractivity contribution is -0.144. The van der Waals surface area contributed by atoms with Crippen LogP contribution in [0.4, 0.5) is 4.79 Å². The van der Waals surface area contributed by atoms with Crippen LogP contribution >= 0.6 is 0 Å². The van der Waals surface area contributed by atoms with E-state index < -0.39 is 23.5 Å². The number of imide groups is 2. The van der Waals surface area contributed by atoms with Gasteiger partial charge in [0.05, 0.1) is 6.54 Å². The molecule has 0 N–H and O–H groups in total. The second-order valence-corrected chi connectivity index (χ2v) is 7.62. The van der Waals surface area contributed by atoms with Crippen LogP contribution in [0.2, 0.25) is 0 Å². The zero-order chi connectivity index (χ0) is 20.0. The van der Waals surface area contributed by atoms with E-state index in [0.717, 1.165) is 53.0 Å². The molecular weight excluding hydrogens is 360 g/mol. The topological polar surface area (TPSA) is 87.9 Å². The molecule has 4 amide bonds. The summed E-state index contributed by atoms with van der Waals surface area (Å²) in [7, 11) is 0. The number of fused-ring (bicyclic) bond motifs is 1. The summed E-state index contributed by atoms with van der Waals surface area (Å²) in [6.07, 6.45) is 4.43. The molecule has 2 heterocycles. The van der Waals surface area contributed by atoms with Gasteiger partial charge in [-0.15, -0.1) is 0 Å². The lowest BCUT2D eigenvalue weighted by atomic mass is 9.94. The summed E-state index contributed by atoms with van der Waals surface area (Å²) in [5, 5.41) is 0.659. The number of aryl methyl sites for hydroxylation is 2. The second kappa shape index (κ2) is 6.89. The Morgan fingerprint density at radius 3 is 2.43 bits per heavy atom. The van der Waals surface area contributed by atoms with Gasteiger partial charge >= 0.3 is 23.5 Å². The van der Waals surface area contributed by atoms with Crippen molar-refractivity contribution in [2.45, 2.75) is 58.5 Å². The minimum absolute atomic E-state index is 0.128. The summed E-state index contributed by atoms with van der Waals surface area (Å²) in [6.45, 7) is 3.64. The third kappa shape index (κ3) is 2.91. The Balaban J connectivity index is 1.70. The summed E-state index contributed by atoms with van der Waals surface area (Å²) in [5.41, 5.74) is 2.19. The van der Waals surface area contributed by atoms with E-state index in [1.54, 1.807) is 0 Å². The molecule has 2 aromatic rings. The number of nitrogens with zero attached hydrogens (tertiary/aromatic N) is 2. The SMILES string of the molecule is Cc1ccc2c(CN3C(=O)C(=O)N(C4CCCCC4)C3=O)cc(=O)oc2c1C. The molecule has 28 heavy (non-hydrogen) atoms. The van der Waals surface area contributed by atoms with Gasteiger partial charge in [0.25, 0.3) is 0 Å². The number of urea groups is 1. The highest BCUT2D eigenvalue weighted by atomic mass is 16.4. The van der Waals surface area contributed by atoms with Gasteiger partial charge in [-0.05, 0) is 43.4 Å². The lowest BCUT2D eigenvalue weighted by Crippen LogP contribution is -2.42. The maximum atomic E-state index is 12.9. The number of carbonyl (C=O) groups is 3. The van der Waals surface area contributed by atoms with E-state index in [0.29, 0.717) is 16.5 Å². The molecule has 0 bridgehead atoms. The standard InChI is InChI=1S/C21H22N2O5/c1-12-8-9-16-14(10-17(24)28-18(16)13(12)2)11-22-19(25)20(26)23(21(22)27)15-6-4-3-5-7-15/h8-10,15H,3-7,11H2,1-2H3. The summed E-state index contributed by atoms with van der Waals surface area (Å²) >= 11 is 0. The van der Waals surface area contributed by atoms with Crippen LogP contribution in [0.1, 0.15) is 48.8 Å². The van der Waals surface area contributed by atoms with E-state index in [9.17, 15) is 19.2 Å². The predicted molar refractivity (Wildman–Crippen MR) is 102 cm³/mol. The summed E-state index contributed by atoms with van der Waals surface area (Å²) < 4.78 is 5.35. The molecule has 7 nitrogen and oxygen atoms in total. The number of rotatable bonds is 3. The Bertz CT molecular complexity index is 1050. The van der Waals surface area contributed by atoms with Crippen LogP contribution in [0.3, 0.4) is 0 Å². The highest BCUT2D eigenvalue weighted by Gasteiger charge is 2.47. The Hall–Kier alpha value is -2.96. The molecule has 2 aliphatic rings. The van der Waals surface area contributed by atoms with Crippen LogP contribution in [0, 0.1) is 13.8 Å². The number of benzene rings is 1. The van der Waals surface area contributed by atoms with Gasteiger partial charge in [0.1, 0.15) is 5.58 Å². The lowest BCUT2D eigenvalue weighted by Gasteiger charge is -2.28. The summed E-state index contributed by atoms with van der Waals surface area (Å²) in [4.78, 5) is 52.0. The van der Waals surface area contributed by atoms with E-state index in [4.69, 9.17) is 4.42 Å². The van der Waals surface area contributed by atoms with Crippen molar-refractivity contribution in [2.24, 2.45) is 0 Å². The molecule has 0 radical (unpaired) electrons. The maximum absolute atomic E-state index is 12.9. The van der Waals surface area contributed by atoms with E-state index in [1.807, 2.05) is 26.0 Å². The summed E-state index contributed by atoms with van der Waals surface area (Å²) in [6, 6.07) is 4.18. The molecule has 1 aromatic heterocycles. The van der Waals surface area contributed by atoms with E-state index >= 15 is 0 Å². The van der Waals surface area contributed by atoms with Crippen molar-refractivity contribution in [1.29, 1.82) is 0 Å². The zero-order valence-corrected chi connectivity index (χ0v) is 16.0. The highest BCUT2D eigenvalue weighted by Crippen LogP contribution is 2.29. The summed E-state index contributed by atoms with van der Waals surface area (Å²) in [5.74, 6) is -1.60. The quantitative estimate of drug-likeness (QED) is 0.463. The Labute approximate surface area is 161 Å². The molecule has 0 unspecified atom stereocenters. The number of hydrogen-bond acceptors (Lipinski definition) is 5. The first-order valence-electron chi connectivity index (χ1n) is 9.60. The minimum atomic E-state index is -0.833. The van der Waals surface area contributed by atoms with Crippen molar-refractivity contribution in [2.75, 3.05) is 0 Å². The largest absolute Gasteiger partial charge is 0.422 e. The first kappa shape index (κ1) is 18.4. The highest BCUT2D eigenvalue weighted by molar-refractivity contribution is 6.44. The van der Waals surface area contributed by atoms with Gasteiger partial charge in [-0.3, -0.25) is 19.4 Å². The van der Waals surface area contributed by atoms with Crippen LogP contribution in [0.25, 0.3) is 11.0 Å². The van der Waals surface area contributed by atoms with Crippen molar-refractivity contribution >= 4 is 28.8 Å². The van der Waals surface area contributed by atoms with Gasteiger partial charge in [-0.1, -0.05) is 31.4 Å². The number of carbonyl (C=O) groups excluding carboxylic acids is 3. The number of amides is 4. The zero-order valence-electron chi connectivity index (χ0n) is 16.0. The van der Waals surface area contributed by atoms with E-state index in [1.165, 1.54) is 6.07 Å². The van der Waals surface area contributed by atoms with Gasteiger partial charge < -0.3 is 4.42 Å². The van der Waals surface area contributed by atoms with Crippen LogP contribution in [-0.2, 0) is 16.1 Å². The van der Waals surface area contributed by atoms with E-state index in [2.05, 4.69) is 0 Å². The Morgan fingerprint density at radius 1 is 1.00 bits per heavy atom. The molecule has 7 heteroatoms. The molecule has 4 rings (SSSR count). The van der Waals surface area contributed by atoms with Crippen LogP contribution < -0.4 is 5.63 Å². The fourth-order valence-electron chi connectivity index (χ4n) is 4.15. The smallest absolute Gasteiger partial charge is 0.336 e. The van der Waals surface area contributed by atoms with Gasteiger partial charge in [-0.2, -0.15) is 0 Å². The monoisotopic (exact) mass is 382 g/mol. The van der Waals surface area contributed by atoms with Gasteiger partial charge in [0.15, 0.2) is 0 Å². The van der Waals surface area contributed by atoms with Crippen molar-refractivity contribution in [1.82, 2.24) is 9.80 Å². The molecule has 1 aliphatic carbocycles. The first-order chi connectivity index (χ1) is 13.4. The van der Waals surface area contributed by atoms with Gasteiger partial charge in [-0.25, -0.2) is 9.59 Å². The van der Waals surface area contributed by atoms with Crippen LogP contribution in [0.5, 0.6) is 0 Å². The normalized spacial score (nSPS) is 18.6. The molecule has 1 saturated heterocycles. The maximum Gasteiger partial charge on any atom is 0.336 e. The second-order valence-electron chi connectivity index (χ2n) is 7.62. The average molecular weight is 382 g/mol. The van der Waals surface area contributed by atoms with Crippen molar-refractivity contribution < 1.29 is 18.8 Å². The third-order valence-corrected chi connectivity index (χ3v) is 5.87. The van der Waals surface area contributed by atoms with Crippen molar-refractivity contribution in [3.05, 3.63) is 45.3 Å². The van der Waals surface area contributed by atoms with E-state index in [-0.39, 0.29) is 12.6 Å². The molecule has 0 atom stereocenters. The molecule has 2 fully saturated rings. The molecule has 146 valence electrons. The van der Waals surface area contributed by atoms with Crippen molar-refractivity contribution in [3.63, 3.8) is 0 Å². The third-order valence-electron chi connectivity index (χ3n) is 5.87. The minimum Gasteiger partial charge on any atom is -0.422 e. The van der Waals surface area contributed by atoms with Crippen LogP contribution in [-0.4, -0.2) is 33.7 Å². The number of hydrogen-bond donors (Lipinski definition) is 0. The molecule has 1 aliphatic heterocycles. The fourth-order valence-corrected chi connectivity index (χ4v) is 4.15. The van der Waals surface area contributed by atoms with Gasteiger partial charge in [0.2, 0.25) is 0 Å². The van der Waals surface area contributed by atoms with Gasteiger partial charge in [0, 0.05) is 17.5 Å². The fraction of sp³-hybridized carbons (Fsp3) is 0.429.